The lowest BCUT2D eigenvalue weighted by Gasteiger charge is -2.01. The van der Waals surface area contributed by atoms with Gasteiger partial charge in [-0.1, -0.05) is 0 Å². The summed E-state index contributed by atoms with van der Waals surface area (Å²) in [6, 6.07) is 0. The van der Waals surface area contributed by atoms with Crippen LogP contribution in [0.5, 0.6) is 0 Å². The van der Waals surface area contributed by atoms with Gasteiger partial charge in [-0.05, 0) is 6.42 Å². The molecule has 0 aromatic carbocycles. The van der Waals surface area contributed by atoms with Gasteiger partial charge in [-0.3, -0.25) is 19.0 Å². The lowest BCUT2D eigenvalue weighted by atomic mass is 10.4. The van der Waals surface area contributed by atoms with E-state index in [9.17, 15) is 9.59 Å². The Morgan fingerprint density at radius 1 is 0.941 bits per heavy atom. The molecule has 0 saturated carbocycles. The Morgan fingerprint density at radius 2 is 1.41 bits per heavy atom. The molecule has 0 atom stereocenters. The van der Waals surface area contributed by atoms with E-state index < -0.39 is 0 Å². The highest BCUT2D eigenvalue weighted by molar-refractivity contribution is 5.73. The van der Waals surface area contributed by atoms with Crippen LogP contribution < -0.4 is 0 Å². The summed E-state index contributed by atoms with van der Waals surface area (Å²) in [7, 11) is 0. The van der Waals surface area contributed by atoms with Gasteiger partial charge in [-0.15, -0.1) is 0 Å². The summed E-state index contributed by atoms with van der Waals surface area (Å²) < 4.78 is 3.43. The summed E-state index contributed by atoms with van der Waals surface area (Å²) in [6.07, 6.45) is 8.84. The van der Waals surface area contributed by atoms with Gasteiger partial charge < -0.3 is 0 Å². The maximum atomic E-state index is 10.5. The zero-order valence-corrected chi connectivity index (χ0v) is 9.19. The molecule has 6 nitrogen and oxygen atoms in total. The van der Waals surface area contributed by atoms with Crippen molar-refractivity contribution >= 4 is 12.6 Å². The highest BCUT2D eigenvalue weighted by atomic mass is 16.1. The van der Waals surface area contributed by atoms with E-state index in [4.69, 9.17) is 0 Å². The summed E-state index contributed by atoms with van der Waals surface area (Å²) in [6.45, 7) is 1.42. The van der Waals surface area contributed by atoms with Crippen LogP contribution in [0.4, 0.5) is 0 Å². The van der Waals surface area contributed by atoms with E-state index in [0.717, 1.165) is 19.0 Å². The smallest absolute Gasteiger partial charge is 0.153 e. The third kappa shape index (κ3) is 2.87. The highest BCUT2D eigenvalue weighted by Crippen LogP contribution is 1.99. The maximum Gasteiger partial charge on any atom is 0.153 e. The van der Waals surface area contributed by atoms with E-state index in [0.29, 0.717) is 24.2 Å². The van der Waals surface area contributed by atoms with Gasteiger partial charge in [0.15, 0.2) is 12.6 Å². The highest BCUT2D eigenvalue weighted by Gasteiger charge is 1.99. The van der Waals surface area contributed by atoms with Crippen LogP contribution in [-0.2, 0) is 13.1 Å². The molecule has 0 fully saturated rings. The minimum absolute atomic E-state index is 0.576. The second-order valence-corrected chi connectivity index (χ2v) is 3.66. The van der Waals surface area contributed by atoms with Gasteiger partial charge in [-0.25, -0.2) is 0 Å². The molecule has 0 aliphatic heterocycles. The van der Waals surface area contributed by atoms with Crippen LogP contribution in [-0.4, -0.2) is 32.1 Å². The fourth-order valence-corrected chi connectivity index (χ4v) is 1.52. The van der Waals surface area contributed by atoms with E-state index in [2.05, 4.69) is 10.2 Å². The predicted molar refractivity (Wildman–Crippen MR) is 59.8 cm³/mol. The Bertz CT molecular complexity index is 469. The predicted octanol–water partition coefficient (Wildman–Crippen LogP) is 0.795. The van der Waals surface area contributed by atoms with Crippen LogP contribution in [0.15, 0.2) is 24.8 Å². The van der Waals surface area contributed by atoms with Gasteiger partial charge in [0.2, 0.25) is 0 Å². The lowest BCUT2D eigenvalue weighted by molar-refractivity contribution is 0.111. The van der Waals surface area contributed by atoms with Crippen LogP contribution in [0.25, 0.3) is 0 Å². The van der Waals surface area contributed by atoms with Crippen molar-refractivity contribution in [2.24, 2.45) is 0 Å². The zero-order chi connectivity index (χ0) is 12.1. The van der Waals surface area contributed by atoms with Crippen molar-refractivity contribution in [1.82, 2.24) is 19.6 Å². The number of carbonyl (C=O) groups is 2. The quantitative estimate of drug-likeness (QED) is 0.690. The second kappa shape index (κ2) is 5.20. The Kier molecular flexibility index (Phi) is 3.44. The average Bonchev–Trinajstić information content (AvgIpc) is 2.97. The first-order chi connectivity index (χ1) is 8.31. The van der Waals surface area contributed by atoms with Crippen LogP contribution in [0.1, 0.15) is 27.1 Å². The number of aryl methyl sites for hydroxylation is 2. The maximum absolute atomic E-state index is 10.5. The van der Waals surface area contributed by atoms with E-state index in [1.165, 1.54) is 12.4 Å². The Balaban J connectivity index is 1.82. The normalized spacial score (nSPS) is 10.4. The molecule has 0 saturated heterocycles. The van der Waals surface area contributed by atoms with Crippen molar-refractivity contribution in [3.05, 3.63) is 35.9 Å². The number of aromatic nitrogens is 4. The molecule has 2 aromatic heterocycles. The molecule has 88 valence electrons. The standard InChI is InChI=1S/C11H12N4O2/c16-8-10-4-12-14(6-10)2-1-3-15-7-11(9-17)5-13-15/h4-9H,1-3H2. The van der Waals surface area contributed by atoms with Gasteiger partial charge >= 0.3 is 0 Å². The summed E-state index contributed by atoms with van der Waals surface area (Å²) in [4.78, 5) is 20.9. The third-order valence-corrected chi connectivity index (χ3v) is 2.35. The lowest BCUT2D eigenvalue weighted by Crippen LogP contribution is -2.04. The SMILES string of the molecule is O=Cc1cnn(CCCn2cc(C=O)cn2)c1. The third-order valence-electron chi connectivity index (χ3n) is 2.35. The fraction of sp³-hybridized carbons (Fsp3) is 0.273. The molecule has 0 amide bonds. The van der Waals surface area contributed by atoms with Crippen molar-refractivity contribution in [2.75, 3.05) is 0 Å². The molecule has 6 heteroatoms. The average molecular weight is 232 g/mol. The van der Waals surface area contributed by atoms with Crippen molar-refractivity contribution < 1.29 is 9.59 Å². The molecule has 0 spiro atoms. The first kappa shape index (κ1) is 11.3. The monoisotopic (exact) mass is 232 g/mol. The molecule has 2 heterocycles. The van der Waals surface area contributed by atoms with E-state index in [1.807, 2.05) is 0 Å². The number of rotatable bonds is 6. The van der Waals surface area contributed by atoms with E-state index in [-0.39, 0.29) is 0 Å². The summed E-state index contributed by atoms with van der Waals surface area (Å²) in [5.74, 6) is 0. The zero-order valence-electron chi connectivity index (χ0n) is 9.19. The van der Waals surface area contributed by atoms with Crippen molar-refractivity contribution in [1.29, 1.82) is 0 Å². The topological polar surface area (TPSA) is 69.8 Å². The number of aldehydes is 2. The van der Waals surface area contributed by atoms with Crippen LogP contribution >= 0.6 is 0 Å². The molecule has 0 N–H and O–H groups in total. The van der Waals surface area contributed by atoms with Gasteiger partial charge in [0.05, 0.1) is 23.5 Å². The van der Waals surface area contributed by atoms with Gasteiger partial charge in [0.25, 0.3) is 0 Å². The Morgan fingerprint density at radius 3 is 1.76 bits per heavy atom. The number of hydrogen-bond donors (Lipinski definition) is 0. The molecular weight excluding hydrogens is 220 g/mol. The molecule has 0 bridgehead atoms. The van der Waals surface area contributed by atoms with Crippen LogP contribution in [0, 0.1) is 0 Å². The molecule has 0 aliphatic carbocycles. The molecule has 0 unspecified atom stereocenters. The van der Waals surface area contributed by atoms with Crippen LogP contribution in [0.2, 0.25) is 0 Å². The summed E-state index contributed by atoms with van der Waals surface area (Å²) in [5.41, 5.74) is 1.15. The number of nitrogens with zero attached hydrogens (tertiary/aromatic N) is 4. The Labute approximate surface area is 97.9 Å². The van der Waals surface area contributed by atoms with E-state index in [1.54, 1.807) is 21.8 Å². The first-order valence-corrected chi connectivity index (χ1v) is 5.27. The number of hydrogen-bond acceptors (Lipinski definition) is 4. The second-order valence-electron chi connectivity index (χ2n) is 3.66. The minimum atomic E-state index is 0.576. The van der Waals surface area contributed by atoms with Gasteiger partial charge in [-0.2, -0.15) is 10.2 Å². The van der Waals surface area contributed by atoms with Crippen molar-refractivity contribution in [2.45, 2.75) is 19.5 Å². The van der Waals surface area contributed by atoms with Crippen molar-refractivity contribution in [3.8, 4) is 0 Å². The van der Waals surface area contributed by atoms with Crippen molar-refractivity contribution in [3.63, 3.8) is 0 Å². The molecule has 0 radical (unpaired) electrons. The largest absolute Gasteiger partial charge is 0.298 e. The molecular formula is C11H12N4O2. The molecule has 2 aromatic rings. The summed E-state index contributed by atoms with van der Waals surface area (Å²) in [5, 5.41) is 8.08. The molecule has 0 aliphatic rings. The Hall–Kier alpha value is -2.24. The van der Waals surface area contributed by atoms with Gasteiger partial charge in [0, 0.05) is 25.5 Å². The molecule has 2 rings (SSSR count). The first-order valence-electron chi connectivity index (χ1n) is 5.27. The minimum Gasteiger partial charge on any atom is -0.298 e. The van der Waals surface area contributed by atoms with Gasteiger partial charge in [0.1, 0.15) is 0 Å². The number of carbonyl (C=O) groups excluding carboxylic acids is 2. The fourth-order valence-electron chi connectivity index (χ4n) is 1.52. The summed E-state index contributed by atoms with van der Waals surface area (Å²) >= 11 is 0. The van der Waals surface area contributed by atoms with Crippen LogP contribution in [0.3, 0.4) is 0 Å². The van der Waals surface area contributed by atoms with E-state index >= 15 is 0 Å². The molecule has 17 heavy (non-hydrogen) atoms.